The van der Waals surface area contributed by atoms with Crippen LogP contribution < -0.4 is 10.3 Å². The Labute approximate surface area is 191 Å². The summed E-state index contributed by atoms with van der Waals surface area (Å²) in [6.07, 6.45) is 0.994. The van der Waals surface area contributed by atoms with Crippen LogP contribution in [0.1, 0.15) is 38.7 Å². The largest absolute Gasteiger partial charge is 0.494 e. The van der Waals surface area contributed by atoms with Crippen molar-refractivity contribution in [1.29, 1.82) is 0 Å². The summed E-state index contributed by atoms with van der Waals surface area (Å²) < 4.78 is 5.53. The van der Waals surface area contributed by atoms with E-state index in [0.29, 0.717) is 36.9 Å². The highest BCUT2D eigenvalue weighted by Crippen LogP contribution is 2.27. The van der Waals surface area contributed by atoms with Gasteiger partial charge < -0.3 is 9.72 Å². The molecule has 6 nitrogen and oxygen atoms in total. The number of hydrogen-bond donors (Lipinski definition) is 1. The average Bonchev–Trinajstić information content (AvgIpc) is 3.27. The van der Waals surface area contributed by atoms with Gasteiger partial charge in [0.2, 0.25) is 0 Å². The highest BCUT2D eigenvalue weighted by Gasteiger charge is 2.17. The predicted molar refractivity (Wildman–Crippen MR) is 130 cm³/mol. The van der Waals surface area contributed by atoms with Crippen LogP contribution in [0.4, 0.5) is 0 Å². The fourth-order valence-corrected chi connectivity index (χ4v) is 4.43. The number of aromatic amines is 1. The number of thiazole rings is 1. The van der Waals surface area contributed by atoms with Gasteiger partial charge in [0.05, 0.1) is 29.7 Å². The van der Waals surface area contributed by atoms with Gasteiger partial charge in [0.1, 0.15) is 16.6 Å². The first-order valence-electron chi connectivity index (χ1n) is 11.0. The molecule has 0 bridgehead atoms. The molecular weight excluding hydrogens is 420 g/mol. The zero-order valence-electron chi connectivity index (χ0n) is 18.7. The highest BCUT2D eigenvalue weighted by atomic mass is 32.1. The molecule has 0 saturated carbocycles. The van der Waals surface area contributed by atoms with Gasteiger partial charge in [-0.15, -0.1) is 11.3 Å². The normalized spacial score (nSPS) is 12.4. The Balaban J connectivity index is 1.53. The lowest BCUT2D eigenvalue weighted by atomic mass is 10.2. The Kier molecular flexibility index (Phi) is 6.97. The third kappa shape index (κ3) is 5.06. The molecule has 2 aromatic heterocycles. The number of ether oxygens (including phenoxy) is 1. The van der Waals surface area contributed by atoms with E-state index in [2.05, 4.69) is 34.1 Å². The Morgan fingerprint density at radius 3 is 2.59 bits per heavy atom. The van der Waals surface area contributed by atoms with E-state index in [1.807, 2.05) is 49.4 Å². The predicted octanol–water partition coefficient (Wildman–Crippen LogP) is 5.25. The Morgan fingerprint density at radius 2 is 1.84 bits per heavy atom. The monoisotopic (exact) mass is 448 g/mol. The number of H-pyrrole nitrogens is 1. The number of rotatable bonds is 9. The van der Waals surface area contributed by atoms with Gasteiger partial charge in [-0.05, 0) is 56.7 Å². The van der Waals surface area contributed by atoms with Crippen LogP contribution in [-0.4, -0.2) is 32.5 Å². The Hall–Kier alpha value is -3.03. The molecule has 0 spiro atoms. The number of aromatic nitrogens is 3. The van der Waals surface area contributed by atoms with Crippen molar-refractivity contribution < 1.29 is 4.74 Å². The summed E-state index contributed by atoms with van der Waals surface area (Å²) in [6.45, 7) is 8.25. The summed E-state index contributed by atoms with van der Waals surface area (Å²) in [5.41, 5.74) is 2.73. The number of fused-ring (bicyclic) bond motifs is 1. The molecule has 1 atom stereocenters. The molecule has 0 aliphatic heterocycles. The third-order valence-corrected chi connectivity index (χ3v) is 6.50. The van der Waals surface area contributed by atoms with Gasteiger partial charge in [-0.25, -0.2) is 9.97 Å². The van der Waals surface area contributed by atoms with Crippen molar-refractivity contribution in [2.45, 2.75) is 46.3 Å². The van der Waals surface area contributed by atoms with E-state index in [1.165, 1.54) is 0 Å². The van der Waals surface area contributed by atoms with E-state index in [-0.39, 0.29) is 5.56 Å². The lowest BCUT2D eigenvalue weighted by molar-refractivity contribution is 0.179. The standard InChI is InChI=1S/C25H28N4O2S/c1-4-17(3)29(15-23-27-22-9-7-6-8-21(22)24(30)28-23)14-19-16-32-25(26-19)18-10-12-20(13-11-18)31-5-2/h6-13,16-17H,4-5,14-15H2,1-3H3,(H,27,28,30). The van der Waals surface area contributed by atoms with Crippen LogP contribution in [0.3, 0.4) is 0 Å². The van der Waals surface area contributed by atoms with Crippen molar-refractivity contribution in [3.8, 4) is 16.3 Å². The zero-order valence-corrected chi connectivity index (χ0v) is 19.5. The molecule has 0 fully saturated rings. The molecule has 0 aliphatic rings. The first kappa shape index (κ1) is 22.2. The van der Waals surface area contributed by atoms with Gasteiger partial charge >= 0.3 is 0 Å². The van der Waals surface area contributed by atoms with Crippen molar-refractivity contribution in [3.63, 3.8) is 0 Å². The molecule has 7 heteroatoms. The molecule has 2 aromatic carbocycles. The number of benzene rings is 2. The number of para-hydroxylation sites is 1. The van der Waals surface area contributed by atoms with E-state index >= 15 is 0 Å². The fourth-order valence-electron chi connectivity index (χ4n) is 3.61. The van der Waals surface area contributed by atoms with Crippen LogP contribution >= 0.6 is 11.3 Å². The molecule has 0 amide bonds. The van der Waals surface area contributed by atoms with Gasteiger partial charge in [-0.3, -0.25) is 9.69 Å². The summed E-state index contributed by atoms with van der Waals surface area (Å²) in [5, 5.41) is 3.72. The van der Waals surface area contributed by atoms with Crippen LogP contribution in [0.5, 0.6) is 5.75 Å². The quantitative estimate of drug-likeness (QED) is 0.379. The third-order valence-electron chi connectivity index (χ3n) is 5.56. The van der Waals surface area contributed by atoms with Crippen LogP contribution in [0.2, 0.25) is 0 Å². The maximum absolute atomic E-state index is 12.5. The Morgan fingerprint density at radius 1 is 1.06 bits per heavy atom. The summed E-state index contributed by atoms with van der Waals surface area (Å²) >= 11 is 1.64. The smallest absolute Gasteiger partial charge is 0.258 e. The molecule has 0 aliphatic carbocycles. The Bertz CT molecular complexity index is 1230. The number of hydrogen-bond acceptors (Lipinski definition) is 6. The van der Waals surface area contributed by atoms with Crippen molar-refractivity contribution in [1.82, 2.24) is 19.9 Å². The second-order valence-electron chi connectivity index (χ2n) is 7.79. The van der Waals surface area contributed by atoms with Gasteiger partial charge in [0.15, 0.2) is 0 Å². The number of nitrogens with zero attached hydrogens (tertiary/aromatic N) is 3. The first-order chi connectivity index (χ1) is 15.6. The first-order valence-corrected chi connectivity index (χ1v) is 11.8. The maximum Gasteiger partial charge on any atom is 0.258 e. The molecular formula is C25H28N4O2S. The minimum atomic E-state index is -0.0962. The zero-order chi connectivity index (χ0) is 22.5. The fraction of sp³-hybridized carbons (Fsp3) is 0.320. The molecule has 4 aromatic rings. The molecule has 4 rings (SSSR count). The lowest BCUT2D eigenvalue weighted by Gasteiger charge is -2.27. The van der Waals surface area contributed by atoms with E-state index < -0.39 is 0 Å². The van der Waals surface area contributed by atoms with Gasteiger partial charge in [0.25, 0.3) is 5.56 Å². The lowest BCUT2D eigenvalue weighted by Crippen LogP contribution is -2.33. The number of nitrogens with one attached hydrogen (secondary N) is 1. The van der Waals surface area contributed by atoms with Crippen molar-refractivity contribution in [2.24, 2.45) is 0 Å². The minimum Gasteiger partial charge on any atom is -0.494 e. The highest BCUT2D eigenvalue weighted by molar-refractivity contribution is 7.13. The molecule has 0 radical (unpaired) electrons. The van der Waals surface area contributed by atoms with Crippen LogP contribution in [0.15, 0.2) is 58.7 Å². The molecule has 1 unspecified atom stereocenters. The van der Waals surface area contributed by atoms with Crippen LogP contribution in [0, 0.1) is 0 Å². The van der Waals surface area contributed by atoms with Crippen LogP contribution in [-0.2, 0) is 13.1 Å². The minimum absolute atomic E-state index is 0.0962. The second-order valence-corrected chi connectivity index (χ2v) is 8.65. The molecule has 32 heavy (non-hydrogen) atoms. The topological polar surface area (TPSA) is 71.1 Å². The molecule has 166 valence electrons. The average molecular weight is 449 g/mol. The van der Waals surface area contributed by atoms with E-state index in [4.69, 9.17) is 9.72 Å². The summed E-state index contributed by atoms with van der Waals surface area (Å²) in [7, 11) is 0. The molecule has 1 N–H and O–H groups in total. The summed E-state index contributed by atoms with van der Waals surface area (Å²) in [6, 6.07) is 15.8. The van der Waals surface area contributed by atoms with Crippen molar-refractivity contribution in [2.75, 3.05) is 6.61 Å². The van der Waals surface area contributed by atoms with Gasteiger partial charge in [-0.2, -0.15) is 0 Å². The van der Waals surface area contributed by atoms with Crippen LogP contribution in [0.25, 0.3) is 21.5 Å². The van der Waals surface area contributed by atoms with Crippen molar-refractivity contribution in [3.05, 3.63) is 75.8 Å². The van der Waals surface area contributed by atoms with E-state index in [9.17, 15) is 4.79 Å². The van der Waals surface area contributed by atoms with Gasteiger partial charge in [0, 0.05) is 23.5 Å². The van der Waals surface area contributed by atoms with Crippen molar-refractivity contribution >= 4 is 22.2 Å². The van der Waals surface area contributed by atoms with E-state index in [1.54, 1.807) is 17.4 Å². The second kappa shape index (κ2) is 10.1. The summed E-state index contributed by atoms with van der Waals surface area (Å²) in [4.78, 5) is 27.3. The van der Waals surface area contributed by atoms with Gasteiger partial charge in [-0.1, -0.05) is 19.1 Å². The molecule has 2 heterocycles. The molecule has 0 saturated heterocycles. The van der Waals surface area contributed by atoms with E-state index in [0.717, 1.165) is 34.0 Å². The maximum atomic E-state index is 12.5. The SMILES string of the molecule is CCOc1ccc(-c2nc(CN(Cc3nc4ccccc4c(=O)[nH]3)C(C)CC)cs2)cc1. The summed E-state index contributed by atoms with van der Waals surface area (Å²) in [5.74, 6) is 1.55.